The van der Waals surface area contributed by atoms with E-state index < -0.39 is 0 Å². The first-order chi connectivity index (χ1) is 9.72. The summed E-state index contributed by atoms with van der Waals surface area (Å²) in [5, 5.41) is 4.19. The molecular formula is C15H19N3O2. The highest BCUT2D eigenvalue weighted by molar-refractivity contribution is 5.71. The third kappa shape index (κ3) is 3.68. The second-order valence-corrected chi connectivity index (χ2v) is 4.50. The number of aromatic nitrogens is 2. The molecule has 0 N–H and O–H groups in total. The molecule has 0 aliphatic heterocycles. The summed E-state index contributed by atoms with van der Waals surface area (Å²) in [6, 6.07) is 10.0. The number of carbonyl (C=O) groups is 1. The molecule has 1 aromatic carbocycles. The zero-order valence-electron chi connectivity index (χ0n) is 11.8. The molecule has 0 unspecified atom stereocenters. The molecule has 1 aromatic heterocycles. The smallest absolute Gasteiger partial charge is 0.319 e. The Hall–Kier alpha value is -2.14. The van der Waals surface area contributed by atoms with Gasteiger partial charge in [0.05, 0.1) is 19.3 Å². The summed E-state index contributed by atoms with van der Waals surface area (Å²) in [5.74, 6) is -0.208. The van der Waals surface area contributed by atoms with Crippen molar-refractivity contribution in [3.63, 3.8) is 0 Å². The molecule has 0 radical (unpaired) electrons. The average molecular weight is 273 g/mol. The Labute approximate surface area is 118 Å². The molecule has 0 aliphatic carbocycles. The quantitative estimate of drug-likeness (QED) is 0.754. The van der Waals surface area contributed by atoms with E-state index in [0.29, 0.717) is 6.54 Å². The van der Waals surface area contributed by atoms with Crippen molar-refractivity contribution in [3.05, 3.63) is 48.3 Å². The zero-order valence-corrected chi connectivity index (χ0v) is 11.8. The van der Waals surface area contributed by atoms with Crippen molar-refractivity contribution in [2.24, 2.45) is 0 Å². The number of ether oxygens (including phenoxy) is 1. The summed E-state index contributed by atoms with van der Waals surface area (Å²) >= 11 is 0. The molecule has 0 aliphatic rings. The van der Waals surface area contributed by atoms with Crippen molar-refractivity contribution in [1.29, 1.82) is 0 Å². The highest BCUT2D eigenvalue weighted by Crippen LogP contribution is 2.10. The number of nitrogens with zero attached hydrogens (tertiary/aromatic N) is 3. The number of hydrogen-bond donors (Lipinski definition) is 0. The van der Waals surface area contributed by atoms with Gasteiger partial charge in [0.25, 0.3) is 0 Å². The Morgan fingerprint density at radius 2 is 2.10 bits per heavy atom. The normalized spacial score (nSPS) is 10.8. The SMILES string of the molecule is CCN(CC(=O)OC)Cc1ccc(-n2cccn2)cc1. The molecule has 20 heavy (non-hydrogen) atoms. The van der Waals surface area contributed by atoms with Gasteiger partial charge in [-0.15, -0.1) is 0 Å². The first-order valence-corrected chi connectivity index (χ1v) is 6.61. The Balaban J connectivity index is 2.00. The van der Waals surface area contributed by atoms with E-state index in [1.165, 1.54) is 7.11 Å². The Morgan fingerprint density at radius 1 is 1.35 bits per heavy atom. The number of benzene rings is 1. The van der Waals surface area contributed by atoms with E-state index in [9.17, 15) is 4.79 Å². The predicted octanol–water partition coefficient (Wildman–Crippen LogP) is 1.87. The van der Waals surface area contributed by atoms with E-state index in [0.717, 1.165) is 24.3 Å². The second-order valence-electron chi connectivity index (χ2n) is 4.50. The van der Waals surface area contributed by atoms with E-state index in [1.54, 1.807) is 6.20 Å². The summed E-state index contributed by atoms with van der Waals surface area (Å²) in [7, 11) is 1.41. The largest absolute Gasteiger partial charge is 0.468 e. The van der Waals surface area contributed by atoms with E-state index in [4.69, 9.17) is 4.74 Å². The van der Waals surface area contributed by atoms with Crippen LogP contribution in [-0.4, -0.2) is 40.8 Å². The highest BCUT2D eigenvalue weighted by Gasteiger charge is 2.09. The minimum atomic E-state index is -0.208. The summed E-state index contributed by atoms with van der Waals surface area (Å²) < 4.78 is 6.51. The van der Waals surface area contributed by atoms with Gasteiger partial charge in [-0.3, -0.25) is 9.69 Å². The van der Waals surface area contributed by atoms with Gasteiger partial charge in [-0.2, -0.15) is 5.10 Å². The first kappa shape index (κ1) is 14.3. The van der Waals surface area contributed by atoms with E-state index in [2.05, 4.69) is 17.2 Å². The lowest BCUT2D eigenvalue weighted by Gasteiger charge is -2.19. The van der Waals surface area contributed by atoms with Crippen LogP contribution in [0, 0.1) is 0 Å². The van der Waals surface area contributed by atoms with Gasteiger partial charge in [0, 0.05) is 18.9 Å². The molecule has 0 spiro atoms. The molecule has 2 aromatic rings. The molecule has 0 bridgehead atoms. The molecule has 0 saturated carbocycles. The summed E-state index contributed by atoms with van der Waals surface area (Å²) in [5.41, 5.74) is 2.18. The lowest BCUT2D eigenvalue weighted by molar-refractivity contribution is -0.142. The summed E-state index contributed by atoms with van der Waals surface area (Å²) in [4.78, 5) is 13.3. The molecule has 0 amide bonds. The molecular weight excluding hydrogens is 254 g/mol. The minimum Gasteiger partial charge on any atom is -0.468 e. The van der Waals surface area contributed by atoms with Gasteiger partial charge < -0.3 is 4.74 Å². The molecule has 5 nitrogen and oxygen atoms in total. The standard InChI is InChI=1S/C15H19N3O2/c1-3-17(12-15(19)20-2)11-13-5-7-14(8-6-13)18-10-4-9-16-18/h4-10H,3,11-12H2,1-2H3. The Morgan fingerprint density at radius 3 is 2.65 bits per heavy atom. The van der Waals surface area contributed by atoms with Gasteiger partial charge in [0.15, 0.2) is 0 Å². The average Bonchev–Trinajstić information content (AvgIpc) is 3.01. The number of rotatable bonds is 6. The van der Waals surface area contributed by atoms with Crippen LogP contribution >= 0.6 is 0 Å². The Kier molecular flexibility index (Phi) is 4.90. The van der Waals surface area contributed by atoms with Crippen LogP contribution in [0.2, 0.25) is 0 Å². The van der Waals surface area contributed by atoms with E-state index in [1.807, 2.05) is 40.9 Å². The number of carbonyl (C=O) groups excluding carboxylic acids is 1. The monoisotopic (exact) mass is 273 g/mol. The van der Waals surface area contributed by atoms with Crippen molar-refractivity contribution in [1.82, 2.24) is 14.7 Å². The topological polar surface area (TPSA) is 47.4 Å². The fourth-order valence-corrected chi connectivity index (χ4v) is 1.96. The fourth-order valence-electron chi connectivity index (χ4n) is 1.96. The van der Waals surface area contributed by atoms with Crippen LogP contribution in [0.4, 0.5) is 0 Å². The van der Waals surface area contributed by atoms with Gasteiger partial charge >= 0.3 is 5.97 Å². The lowest BCUT2D eigenvalue weighted by Crippen LogP contribution is -2.29. The van der Waals surface area contributed by atoms with Crippen molar-refractivity contribution < 1.29 is 9.53 Å². The minimum absolute atomic E-state index is 0.208. The molecule has 1 heterocycles. The van der Waals surface area contributed by atoms with Gasteiger partial charge in [0.1, 0.15) is 0 Å². The highest BCUT2D eigenvalue weighted by atomic mass is 16.5. The third-order valence-electron chi connectivity index (χ3n) is 3.14. The van der Waals surface area contributed by atoms with Crippen LogP contribution in [0.5, 0.6) is 0 Å². The van der Waals surface area contributed by atoms with Crippen molar-refractivity contribution in [2.45, 2.75) is 13.5 Å². The van der Waals surface area contributed by atoms with E-state index in [-0.39, 0.29) is 5.97 Å². The van der Waals surface area contributed by atoms with Crippen LogP contribution in [0.3, 0.4) is 0 Å². The van der Waals surface area contributed by atoms with Gasteiger partial charge in [-0.1, -0.05) is 19.1 Å². The lowest BCUT2D eigenvalue weighted by atomic mass is 10.2. The number of esters is 1. The number of hydrogen-bond acceptors (Lipinski definition) is 4. The maximum Gasteiger partial charge on any atom is 0.319 e. The van der Waals surface area contributed by atoms with E-state index >= 15 is 0 Å². The van der Waals surface area contributed by atoms with Crippen molar-refractivity contribution >= 4 is 5.97 Å². The number of likely N-dealkylation sites (N-methyl/N-ethyl adjacent to an activating group) is 1. The maximum absolute atomic E-state index is 11.3. The molecule has 2 rings (SSSR count). The third-order valence-corrected chi connectivity index (χ3v) is 3.14. The van der Waals surface area contributed by atoms with Gasteiger partial charge in [-0.25, -0.2) is 4.68 Å². The fraction of sp³-hybridized carbons (Fsp3) is 0.333. The van der Waals surface area contributed by atoms with Crippen LogP contribution in [0.25, 0.3) is 5.69 Å². The van der Waals surface area contributed by atoms with Gasteiger partial charge in [0.2, 0.25) is 0 Å². The van der Waals surface area contributed by atoms with Crippen molar-refractivity contribution in [2.75, 3.05) is 20.2 Å². The molecule has 0 atom stereocenters. The number of methoxy groups -OCH3 is 1. The Bertz CT molecular complexity index is 535. The zero-order chi connectivity index (χ0) is 14.4. The maximum atomic E-state index is 11.3. The van der Waals surface area contributed by atoms with Crippen LogP contribution in [0.15, 0.2) is 42.7 Å². The molecule has 5 heteroatoms. The van der Waals surface area contributed by atoms with Crippen molar-refractivity contribution in [3.8, 4) is 5.69 Å². The van der Waals surface area contributed by atoms with Crippen LogP contribution in [0.1, 0.15) is 12.5 Å². The summed E-state index contributed by atoms with van der Waals surface area (Å²) in [6.45, 7) is 3.87. The molecule has 106 valence electrons. The summed E-state index contributed by atoms with van der Waals surface area (Å²) in [6.07, 6.45) is 3.66. The molecule has 0 saturated heterocycles. The van der Waals surface area contributed by atoms with Crippen LogP contribution < -0.4 is 0 Å². The second kappa shape index (κ2) is 6.86. The molecule has 0 fully saturated rings. The van der Waals surface area contributed by atoms with Crippen LogP contribution in [-0.2, 0) is 16.1 Å². The predicted molar refractivity (Wildman–Crippen MR) is 76.5 cm³/mol. The van der Waals surface area contributed by atoms with Gasteiger partial charge in [-0.05, 0) is 30.3 Å². The first-order valence-electron chi connectivity index (χ1n) is 6.61.